The lowest BCUT2D eigenvalue weighted by molar-refractivity contribution is -0.119. The third kappa shape index (κ3) is 2.90. The molecule has 0 fully saturated rings. The van der Waals surface area contributed by atoms with Crippen LogP contribution in [0.25, 0.3) is 10.9 Å². The van der Waals surface area contributed by atoms with E-state index in [4.69, 9.17) is 0 Å². The van der Waals surface area contributed by atoms with E-state index < -0.39 is 0 Å². The van der Waals surface area contributed by atoms with Gasteiger partial charge in [0.1, 0.15) is 0 Å². The van der Waals surface area contributed by atoms with Crippen LogP contribution in [0.15, 0.2) is 34.3 Å². The molecule has 3 heterocycles. The van der Waals surface area contributed by atoms with Gasteiger partial charge in [-0.15, -0.1) is 0 Å². The number of H-pyrrole nitrogens is 1. The lowest BCUT2D eigenvalue weighted by atomic mass is 10.1. The molecule has 4 rings (SSSR count). The minimum absolute atomic E-state index is 0.0288. The zero-order chi connectivity index (χ0) is 18.3. The van der Waals surface area contributed by atoms with Crippen LogP contribution < -0.4 is 10.9 Å². The highest BCUT2D eigenvalue weighted by Gasteiger charge is 2.28. The van der Waals surface area contributed by atoms with Crippen LogP contribution in [-0.4, -0.2) is 31.4 Å². The normalized spacial score (nSPS) is 16.5. The zero-order valence-electron chi connectivity index (χ0n) is 14.6. The van der Waals surface area contributed by atoms with E-state index in [0.29, 0.717) is 29.6 Å². The predicted molar refractivity (Wildman–Crippen MR) is 102 cm³/mol. The fourth-order valence-corrected chi connectivity index (χ4v) is 4.34. The summed E-state index contributed by atoms with van der Waals surface area (Å²) in [7, 11) is 0. The van der Waals surface area contributed by atoms with Crippen molar-refractivity contribution in [2.45, 2.75) is 32.0 Å². The number of hydrogen-bond donors (Lipinski definition) is 2. The van der Waals surface area contributed by atoms with Crippen LogP contribution in [0, 0.1) is 12.8 Å². The number of rotatable bonds is 3. The highest BCUT2D eigenvalue weighted by molar-refractivity contribution is 7.99. The standard InChI is InChI=1S/C18H19N5O2S/c1-3-14-10(2)20-18-23(17(14)25)8-12(9-26-18)16(24)21-13-5-4-11-7-19-22-15(11)6-13/h4-7,12H,3,8-9H2,1-2H3,(H,19,22)(H,21,24). The molecule has 2 aromatic heterocycles. The van der Waals surface area contributed by atoms with E-state index in [1.807, 2.05) is 32.0 Å². The summed E-state index contributed by atoms with van der Waals surface area (Å²) < 4.78 is 1.64. The average molecular weight is 369 g/mol. The minimum atomic E-state index is -0.281. The zero-order valence-corrected chi connectivity index (χ0v) is 15.4. The lowest BCUT2D eigenvalue weighted by Crippen LogP contribution is -2.38. The predicted octanol–water partition coefficient (Wildman–Crippen LogP) is 2.35. The SMILES string of the molecule is CCc1c(C)nc2n(c1=O)CC(C(=O)Nc1ccc3cn[nH]c3c1)CS2. The molecular formula is C18H19N5O2S. The number of thioether (sulfide) groups is 1. The van der Waals surface area contributed by atoms with E-state index in [-0.39, 0.29) is 17.4 Å². The van der Waals surface area contributed by atoms with E-state index in [1.165, 1.54) is 11.8 Å². The second-order valence-corrected chi connectivity index (χ2v) is 7.38. The van der Waals surface area contributed by atoms with Gasteiger partial charge in [-0.2, -0.15) is 5.10 Å². The number of carbonyl (C=O) groups is 1. The van der Waals surface area contributed by atoms with Gasteiger partial charge in [0.15, 0.2) is 5.16 Å². The van der Waals surface area contributed by atoms with Crippen molar-refractivity contribution in [3.63, 3.8) is 0 Å². The van der Waals surface area contributed by atoms with Gasteiger partial charge < -0.3 is 5.32 Å². The molecule has 7 nitrogen and oxygen atoms in total. The number of fused-ring (bicyclic) bond motifs is 2. The highest BCUT2D eigenvalue weighted by atomic mass is 32.2. The first-order chi connectivity index (χ1) is 12.6. The van der Waals surface area contributed by atoms with Crippen LogP contribution in [0.5, 0.6) is 0 Å². The van der Waals surface area contributed by atoms with Gasteiger partial charge in [-0.25, -0.2) is 4.98 Å². The Hall–Kier alpha value is -2.61. The molecule has 1 aliphatic rings. The maximum Gasteiger partial charge on any atom is 0.257 e. The van der Waals surface area contributed by atoms with Gasteiger partial charge in [-0.05, 0) is 31.5 Å². The van der Waals surface area contributed by atoms with Crippen LogP contribution in [-0.2, 0) is 17.8 Å². The number of aromatic amines is 1. The molecule has 1 amide bonds. The second-order valence-electron chi connectivity index (χ2n) is 6.40. The molecule has 0 spiro atoms. The van der Waals surface area contributed by atoms with E-state index in [9.17, 15) is 9.59 Å². The highest BCUT2D eigenvalue weighted by Crippen LogP contribution is 2.27. The first kappa shape index (κ1) is 16.8. The fraction of sp³-hybridized carbons (Fsp3) is 0.333. The molecule has 0 saturated carbocycles. The summed E-state index contributed by atoms with van der Waals surface area (Å²) in [5.74, 6) is 0.236. The average Bonchev–Trinajstić information content (AvgIpc) is 3.09. The van der Waals surface area contributed by atoms with Crippen molar-refractivity contribution in [1.82, 2.24) is 19.7 Å². The van der Waals surface area contributed by atoms with E-state index in [2.05, 4.69) is 20.5 Å². The molecule has 1 aliphatic heterocycles. The van der Waals surface area contributed by atoms with Crippen LogP contribution in [0.3, 0.4) is 0 Å². The van der Waals surface area contributed by atoms with Crippen LogP contribution in [0.4, 0.5) is 5.69 Å². The molecule has 2 N–H and O–H groups in total. The van der Waals surface area contributed by atoms with Gasteiger partial charge in [-0.3, -0.25) is 19.3 Å². The van der Waals surface area contributed by atoms with Crippen molar-refractivity contribution < 1.29 is 4.79 Å². The number of nitrogens with one attached hydrogen (secondary N) is 2. The van der Waals surface area contributed by atoms with Crippen molar-refractivity contribution in [3.05, 3.63) is 46.0 Å². The number of aryl methyl sites for hydroxylation is 1. The summed E-state index contributed by atoms with van der Waals surface area (Å²) in [6.45, 7) is 4.18. The van der Waals surface area contributed by atoms with Gasteiger partial charge >= 0.3 is 0 Å². The Morgan fingerprint density at radius 3 is 3.12 bits per heavy atom. The Kier molecular flexibility index (Phi) is 4.28. The van der Waals surface area contributed by atoms with Crippen molar-refractivity contribution in [2.75, 3.05) is 11.1 Å². The maximum absolute atomic E-state index is 12.7. The molecule has 0 saturated heterocycles. The van der Waals surface area contributed by atoms with E-state index in [1.54, 1.807) is 10.8 Å². The summed E-state index contributed by atoms with van der Waals surface area (Å²) in [4.78, 5) is 29.9. The van der Waals surface area contributed by atoms with Crippen molar-refractivity contribution >= 4 is 34.3 Å². The molecule has 26 heavy (non-hydrogen) atoms. The maximum atomic E-state index is 12.7. The monoisotopic (exact) mass is 369 g/mol. The van der Waals surface area contributed by atoms with Crippen molar-refractivity contribution in [2.24, 2.45) is 5.92 Å². The number of hydrogen-bond acceptors (Lipinski definition) is 5. The fourth-order valence-electron chi connectivity index (χ4n) is 3.22. The van der Waals surface area contributed by atoms with E-state index >= 15 is 0 Å². The largest absolute Gasteiger partial charge is 0.326 e. The van der Waals surface area contributed by atoms with Gasteiger partial charge in [-0.1, -0.05) is 18.7 Å². The quantitative estimate of drug-likeness (QED) is 0.692. The molecule has 0 bridgehead atoms. The molecule has 1 unspecified atom stereocenters. The number of aromatic nitrogens is 4. The Morgan fingerprint density at radius 1 is 1.46 bits per heavy atom. The van der Waals surface area contributed by atoms with Gasteiger partial charge in [0.25, 0.3) is 5.56 Å². The summed E-state index contributed by atoms with van der Waals surface area (Å²) in [6.07, 6.45) is 2.38. The molecule has 1 atom stereocenters. The van der Waals surface area contributed by atoms with Crippen LogP contribution in [0.1, 0.15) is 18.2 Å². The summed E-state index contributed by atoms with van der Waals surface area (Å²) in [5, 5.41) is 11.5. The molecule has 3 aromatic rings. The van der Waals surface area contributed by atoms with Crippen molar-refractivity contribution in [3.8, 4) is 0 Å². The Labute approximate surface area is 154 Å². The van der Waals surface area contributed by atoms with Gasteiger partial charge in [0.05, 0.1) is 17.6 Å². The Bertz CT molecular complexity index is 1060. The summed E-state index contributed by atoms with van der Waals surface area (Å²) in [5.41, 5.74) is 3.06. The first-order valence-electron chi connectivity index (χ1n) is 8.54. The number of anilines is 1. The molecule has 8 heteroatoms. The third-order valence-corrected chi connectivity index (χ3v) is 5.82. The number of benzene rings is 1. The minimum Gasteiger partial charge on any atom is -0.326 e. The summed E-state index contributed by atoms with van der Waals surface area (Å²) in [6, 6.07) is 5.62. The van der Waals surface area contributed by atoms with Crippen LogP contribution >= 0.6 is 11.8 Å². The Morgan fingerprint density at radius 2 is 2.31 bits per heavy atom. The summed E-state index contributed by atoms with van der Waals surface area (Å²) >= 11 is 1.46. The number of nitrogens with zero attached hydrogens (tertiary/aromatic N) is 3. The number of amides is 1. The molecule has 0 radical (unpaired) electrons. The van der Waals surface area contributed by atoms with E-state index in [0.717, 1.165) is 22.2 Å². The number of carbonyl (C=O) groups excluding carboxylic acids is 1. The topological polar surface area (TPSA) is 92.7 Å². The van der Waals surface area contributed by atoms with Crippen LogP contribution in [0.2, 0.25) is 0 Å². The van der Waals surface area contributed by atoms with Gasteiger partial charge in [0.2, 0.25) is 5.91 Å². The molecule has 134 valence electrons. The Balaban J connectivity index is 1.56. The second kappa shape index (κ2) is 6.60. The molecular weight excluding hydrogens is 350 g/mol. The smallest absolute Gasteiger partial charge is 0.257 e. The third-order valence-electron chi connectivity index (χ3n) is 4.68. The molecule has 0 aliphatic carbocycles. The first-order valence-corrected chi connectivity index (χ1v) is 9.52. The van der Waals surface area contributed by atoms with Gasteiger partial charge in [0, 0.05) is 34.6 Å². The van der Waals surface area contributed by atoms with Crippen molar-refractivity contribution in [1.29, 1.82) is 0 Å². The molecule has 1 aromatic carbocycles. The lowest BCUT2D eigenvalue weighted by Gasteiger charge is -2.25.